The molecule has 0 aromatic carbocycles. The van der Waals surface area contributed by atoms with Crippen molar-refractivity contribution in [1.82, 2.24) is 14.8 Å². The van der Waals surface area contributed by atoms with Crippen molar-refractivity contribution in [3.8, 4) is 0 Å². The molecule has 1 aliphatic heterocycles. The summed E-state index contributed by atoms with van der Waals surface area (Å²) >= 11 is 0. The van der Waals surface area contributed by atoms with Gasteiger partial charge < -0.3 is 15.8 Å². The van der Waals surface area contributed by atoms with E-state index in [4.69, 9.17) is 10.5 Å². The van der Waals surface area contributed by atoms with Crippen molar-refractivity contribution in [1.29, 1.82) is 0 Å². The summed E-state index contributed by atoms with van der Waals surface area (Å²) in [4.78, 5) is 4.38. The molecule has 19 heavy (non-hydrogen) atoms. The maximum atomic E-state index is 6.06. The molecule has 1 saturated heterocycles. The highest BCUT2D eigenvalue weighted by Crippen LogP contribution is 2.29. The predicted octanol–water partition coefficient (Wildman–Crippen LogP) is 1.62. The zero-order chi connectivity index (χ0) is 13.2. The van der Waals surface area contributed by atoms with Crippen LogP contribution in [0.3, 0.4) is 0 Å². The van der Waals surface area contributed by atoms with Crippen LogP contribution in [0.4, 0.5) is 11.4 Å². The Labute approximate surface area is 111 Å². The average molecular weight is 261 g/mol. The fourth-order valence-electron chi connectivity index (χ4n) is 2.48. The first-order chi connectivity index (χ1) is 9.29. The van der Waals surface area contributed by atoms with E-state index < -0.39 is 0 Å². The van der Waals surface area contributed by atoms with E-state index in [1.54, 1.807) is 6.20 Å². The summed E-state index contributed by atoms with van der Waals surface area (Å²) in [5.41, 5.74) is 8.57. The molecule has 0 bridgehead atoms. The van der Waals surface area contributed by atoms with Crippen LogP contribution in [-0.2, 0) is 11.3 Å². The number of fused-ring (bicyclic) bond motifs is 1. The Kier molecular flexibility index (Phi) is 3.25. The minimum atomic E-state index is 0.409. The van der Waals surface area contributed by atoms with Gasteiger partial charge in [-0.15, -0.1) is 0 Å². The van der Waals surface area contributed by atoms with E-state index in [1.807, 2.05) is 10.9 Å². The fraction of sp³-hybridized carbons (Fsp3) is 0.538. The van der Waals surface area contributed by atoms with Gasteiger partial charge in [-0.25, -0.2) is 9.67 Å². The highest BCUT2D eigenvalue weighted by molar-refractivity contribution is 5.95. The normalized spacial score (nSPS) is 16.9. The van der Waals surface area contributed by atoms with Gasteiger partial charge in [0.15, 0.2) is 5.65 Å². The third kappa shape index (κ3) is 2.23. The molecule has 6 nitrogen and oxygen atoms in total. The number of ether oxygens (including phenoxy) is 1. The Morgan fingerprint density at radius 3 is 2.95 bits per heavy atom. The van der Waals surface area contributed by atoms with Crippen LogP contribution < -0.4 is 11.1 Å². The molecule has 3 rings (SSSR count). The molecule has 0 radical (unpaired) electrons. The number of aryl methyl sites for hydroxylation is 1. The molecule has 0 amide bonds. The van der Waals surface area contributed by atoms with Gasteiger partial charge in [0.1, 0.15) is 0 Å². The van der Waals surface area contributed by atoms with E-state index in [9.17, 15) is 0 Å². The zero-order valence-electron chi connectivity index (χ0n) is 11.1. The second-order valence-electron chi connectivity index (χ2n) is 4.82. The summed E-state index contributed by atoms with van der Waals surface area (Å²) in [6, 6.07) is 0.409. The Hall–Kier alpha value is -1.82. The first-order valence-electron chi connectivity index (χ1n) is 6.74. The van der Waals surface area contributed by atoms with Gasteiger partial charge in [0.25, 0.3) is 0 Å². The Balaban J connectivity index is 1.96. The molecule has 6 heteroatoms. The molecule has 0 aliphatic carbocycles. The van der Waals surface area contributed by atoms with Gasteiger partial charge in [-0.05, 0) is 19.8 Å². The molecule has 102 valence electrons. The minimum absolute atomic E-state index is 0.409. The number of nitrogens with one attached hydrogen (secondary N) is 1. The third-order valence-corrected chi connectivity index (χ3v) is 3.56. The molecule has 0 saturated carbocycles. The van der Waals surface area contributed by atoms with Crippen LogP contribution in [0.1, 0.15) is 19.8 Å². The van der Waals surface area contributed by atoms with Gasteiger partial charge in [0.2, 0.25) is 0 Å². The molecular weight excluding hydrogens is 242 g/mol. The fourth-order valence-corrected chi connectivity index (χ4v) is 2.48. The summed E-state index contributed by atoms with van der Waals surface area (Å²) in [6.07, 6.45) is 5.55. The average Bonchev–Trinajstić information content (AvgIpc) is 2.86. The second-order valence-corrected chi connectivity index (χ2v) is 4.82. The van der Waals surface area contributed by atoms with Gasteiger partial charge in [-0.2, -0.15) is 5.10 Å². The maximum absolute atomic E-state index is 6.06. The van der Waals surface area contributed by atoms with E-state index in [0.29, 0.717) is 11.7 Å². The van der Waals surface area contributed by atoms with Gasteiger partial charge in [0, 0.05) is 25.8 Å². The largest absolute Gasteiger partial charge is 0.396 e. The summed E-state index contributed by atoms with van der Waals surface area (Å²) in [5.74, 6) is 0. The summed E-state index contributed by atoms with van der Waals surface area (Å²) in [6.45, 7) is 4.47. The smallest absolute Gasteiger partial charge is 0.159 e. The predicted molar refractivity (Wildman–Crippen MR) is 75.1 cm³/mol. The topological polar surface area (TPSA) is 78.0 Å². The number of anilines is 2. The number of hydrogen-bond donors (Lipinski definition) is 2. The minimum Gasteiger partial charge on any atom is -0.396 e. The van der Waals surface area contributed by atoms with E-state index in [2.05, 4.69) is 22.3 Å². The number of nitrogens with two attached hydrogens (primary N) is 1. The van der Waals surface area contributed by atoms with Gasteiger partial charge >= 0.3 is 0 Å². The number of nitrogen functional groups attached to an aromatic ring is 1. The first kappa shape index (κ1) is 12.2. The number of nitrogens with zero attached hydrogens (tertiary/aromatic N) is 3. The Morgan fingerprint density at radius 2 is 2.21 bits per heavy atom. The van der Waals surface area contributed by atoms with E-state index in [1.165, 1.54) is 0 Å². The van der Waals surface area contributed by atoms with Crippen molar-refractivity contribution in [2.24, 2.45) is 0 Å². The van der Waals surface area contributed by atoms with Crippen molar-refractivity contribution < 1.29 is 4.74 Å². The summed E-state index contributed by atoms with van der Waals surface area (Å²) in [5, 5.41) is 8.87. The molecule has 0 unspecified atom stereocenters. The van der Waals surface area contributed by atoms with Crippen LogP contribution in [0, 0.1) is 0 Å². The Bertz CT molecular complexity index is 574. The molecule has 1 fully saturated rings. The van der Waals surface area contributed by atoms with Gasteiger partial charge in [0.05, 0.1) is 29.2 Å². The molecule has 2 aromatic heterocycles. The quantitative estimate of drug-likeness (QED) is 0.878. The number of aromatic nitrogens is 3. The van der Waals surface area contributed by atoms with Gasteiger partial charge in [-0.3, -0.25) is 0 Å². The van der Waals surface area contributed by atoms with Crippen molar-refractivity contribution in [3.63, 3.8) is 0 Å². The first-order valence-corrected chi connectivity index (χ1v) is 6.74. The van der Waals surface area contributed by atoms with Crippen molar-refractivity contribution in [3.05, 3.63) is 12.4 Å². The van der Waals surface area contributed by atoms with Crippen LogP contribution >= 0.6 is 0 Å². The maximum Gasteiger partial charge on any atom is 0.159 e. The van der Waals surface area contributed by atoms with E-state index >= 15 is 0 Å². The van der Waals surface area contributed by atoms with E-state index in [0.717, 1.165) is 49.3 Å². The standard InChI is InChI=1S/C13H19N5O/c1-2-18-13-10(7-16-18)12(11(14)8-15-13)17-9-3-5-19-6-4-9/h7-9H,2-6,14H2,1H3,(H,15,17). The zero-order valence-corrected chi connectivity index (χ0v) is 11.1. The number of pyridine rings is 1. The lowest BCUT2D eigenvalue weighted by Crippen LogP contribution is -2.28. The van der Waals surface area contributed by atoms with Crippen LogP contribution in [0.2, 0.25) is 0 Å². The van der Waals surface area contributed by atoms with Gasteiger partial charge in [-0.1, -0.05) is 0 Å². The number of rotatable bonds is 3. The molecule has 0 spiro atoms. The lowest BCUT2D eigenvalue weighted by atomic mass is 10.1. The van der Waals surface area contributed by atoms with Crippen molar-refractivity contribution in [2.75, 3.05) is 24.3 Å². The molecule has 3 heterocycles. The van der Waals surface area contributed by atoms with Crippen molar-refractivity contribution in [2.45, 2.75) is 32.4 Å². The van der Waals surface area contributed by atoms with Crippen LogP contribution in [-0.4, -0.2) is 34.0 Å². The third-order valence-electron chi connectivity index (χ3n) is 3.56. The van der Waals surface area contributed by atoms with Crippen LogP contribution in [0.25, 0.3) is 11.0 Å². The SMILES string of the molecule is CCn1ncc2c(NC3CCOCC3)c(N)cnc21. The van der Waals surface area contributed by atoms with Crippen molar-refractivity contribution >= 4 is 22.4 Å². The monoisotopic (exact) mass is 261 g/mol. The highest BCUT2D eigenvalue weighted by Gasteiger charge is 2.17. The molecule has 2 aromatic rings. The molecular formula is C13H19N5O. The summed E-state index contributed by atoms with van der Waals surface area (Å²) < 4.78 is 7.26. The summed E-state index contributed by atoms with van der Waals surface area (Å²) in [7, 11) is 0. The van der Waals surface area contributed by atoms with Crippen LogP contribution in [0.15, 0.2) is 12.4 Å². The lowest BCUT2D eigenvalue weighted by Gasteiger charge is -2.25. The second kappa shape index (κ2) is 5.05. The molecule has 3 N–H and O–H groups in total. The molecule has 0 atom stereocenters. The highest BCUT2D eigenvalue weighted by atomic mass is 16.5. The van der Waals surface area contributed by atoms with E-state index in [-0.39, 0.29) is 0 Å². The van der Waals surface area contributed by atoms with Crippen LogP contribution in [0.5, 0.6) is 0 Å². The lowest BCUT2D eigenvalue weighted by molar-refractivity contribution is 0.0905. The Morgan fingerprint density at radius 1 is 1.42 bits per heavy atom. The molecule has 1 aliphatic rings. The number of hydrogen-bond acceptors (Lipinski definition) is 5.